The Bertz CT molecular complexity index is 612. The number of rotatable bonds is 5. The van der Waals surface area contributed by atoms with Gasteiger partial charge in [-0.05, 0) is 53.4 Å². The number of aryl methyl sites for hydroxylation is 1. The number of thiophene rings is 1. The van der Waals surface area contributed by atoms with Gasteiger partial charge in [-0.1, -0.05) is 19.1 Å². The standard InChI is InChI=1S/C16H21N3OS.HI/c1-3-12-5-4-6-14(9-12)19-15(17)18-11-16(2,20)13-7-8-21-10-13;/h4-10,20H,3,11H2,1-2H3,(H3,17,18,19);1H. The third-order valence-electron chi connectivity index (χ3n) is 3.31. The molecule has 4 nitrogen and oxygen atoms in total. The SMILES string of the molecule is CCc1cccc(NC(N)=NCC(C)(O)c2ccsc2)c1.I. The Balaban J connectivity index is 0.00000242. The molecular weight excluding hydrogens is 409 g/mol. The molecule has 120 valence electrons. The van der Waals surface area contributed by atoms with Crippen LogP contribution in [0.15, 0.2) is 46.1 Å². The first-order chi connectivity index (χ1) is 10.0. The molecule has 0 spiro atoms. The monoisotopic (exact) mass is 431 g/mol. The Kier molecular flexibility index (Phi) is 7.31. The molecule has 2 aromatic rings. The van der Waals surface area contributed by atoms with Crippen LogP contribution in [0.25, 0.3) is 0 Å². The molecule has 1 heterocycles. The van der Waals surface area contributed by atoms with Gasteiger partial charge in [-0.15, -0.1) is 24.0 Å². The quantitative estimate of drug-likeness (QED) is 0.385. The van der Waals surface area contributed by atoms with Gasteiger partial charge in [0.2, 0.25) is 0 Å². The van der Waals surface area contributed by atoms with Crippen molar-refractivity contribution in [3.8, 4) is 0 Å². The second-order valence-electron chi connectivity index (χ2n) is 5.17. The lowest BCUT2D eigenvalue weighted by Crippen LogP contribution is -2.29. The van der Waals surface area contributed by atoms with Crippen molar-refractivity contribution in [2.45, 2.75) is 25.9 Å². The van der Waals surface area contributed by atoms with E-state index >= 15 is 0 Å². The maximum Gasteiger partial charge on any atom is 0.193 e. The highest BCUT2D eigenvalue weighted by atomic mass is 127. The van der Waals surface area contributed by atoms with Gasteiger partial charge >= 0.3 is 0 Å². The molecule has 2 rings (SSSR count). The van der Waals surface area contributed by atoms with E-state index in [-0.39, 0.29) is 30.5 Å². The first kappa shape index (κ1) is 18.9. The van der Waals surface area contributed by atoms with Gasteiger partial charge in [0.1, 0.15) is 5.60 Å². The second kappa shape index (κ2) is 8.50. The maximum atomic E-state index is 10.4. The molecule has 0 aliphatic rings. The Labute approximate surface area is 152 Å². The smallest absolute Gasteiger partial charge is 0.193 e. The van der Waals surface area contributed by atoms with E-state index in [9.17, 15) is 5.11 Å². The van der Waals surface area contributed by atoms with Crippen LogP contribution in [0.2, 0.25) is 0 Å². The van der Waals surface area contributed by atoms with Gasteiger partial charge in [0.25, 0.3) is 0 Å². The molecule has 1 aromatic carbocycles. The molecule has 4 N–H and O–H groups in total. The molecule has 22 heavy (non-hydrogen) atoms. The third-order valence-corrected chi connectivity index (χ3v) is 3.99. The molecule has 0 saturated heterocycles. The van der Waals surface area contributed by atoms with E-state index in [1.807, 2.05) is 35.0 Å². The second-order valence-corrected chi connectivity index (χ2v) is 5.95. The molecule has 1 atom stereocenters. The molecular formula is C16H22IN3OS. The average molecular weight is 431 g/mol. The molecule has 0 saturated carbocycles. The molecule has 0 amide bonds. The summed E-state index contributed by atoms with van der Waals surface area (Å²) in [7, 11) is 0. The number of hydrogen-bond acceptors (Lipinski definition) is 3. The van der Waals surface area contributed by atoms with E-state index in [0.717, 1.165) is 17.7 Å². The number of guanidine groups is 1. The zero-order valence-corrected chi connectivity index (χ0v) is 15.9. The van der Waals surface area contributed by atoms with Crippen LogP contribution in [0.5, 0.6) is 0 Å². The lowest BCUT2D eigenvalue weighted by Gasteiger charge is -2.20. The number of nitrogens with zero attached hydrogens (tertiary/aromatic N) is 1. The number of nitrogens with two attached hydrogens (primary N) is 1. The topological polar surface area (TPSA) is 70.6 Å². The first-order valence-electron chi connectivity index (χ1n) is 6.92. The van der Waals surface area contributed by atoms with Crippen LogP contribution in [-0.4, -0.2) is 17.6 Å². The Morgan fingerprint density at radius 1 is 1.41 bits per heavy atom. The fourth-order valence-electron chi connectivity index (χ4n) is 1.96. The summed E-state index contributed by atoms with van der Waals surface area (Å²) in [6.45, 7) is 4.06. The number of halogens is 1. The van der Waals surface area contributed by atoms with Crippen molar-refractivity contribution >= 4 is 47.0 Å². The summed E-state index contributed by atoms with van der Waals surface area (Å²) in [6.07, 6.45) is 0.972. The summed E-state index contributed by atoms with van der Waals surface area (Å²) in [5.41, 5.74) is 7.89. The molecule has 6 heteroatoms. The van der Waals surface area contributed by atoms with Crippen molar-refractivity contribution in [3.05, 3.63) is 52.2 Å². The highest BCUT2D eigenvalue weighted by molar-refractivity contribution is 14.0. The van der Waals surface area contributed by atoms with Gasteiger partial charge in [0.15, 0.2) is 5.96 Å². The van der Waals surface area contributed by atoms with Crippen molar-refractivity contribution in [2.24, 2.45) is 10.7 Å². The van der Waals surface area contributed by atoms with Gasteiger partial charge in [0, 0.05) is 5.69 Å². The Hall–Kier alpha value is -1.12. The predicted octanol–water partition coefficient (Wildman–Crippen LogP) is 3.56. The summed E-state index contributed by atoms with van der Waals surface area (Å²) in [5, 5.41) is 17.3. The minimum Gasteiger partial charge on any atom is -0.383 e. The van der Waals surface area contributed by atoms with Crippen LogP contribution in [0.4, 0.5) is 5.69 Å². The van der Waals surface area contributed by atoms with Crippen molar-refractivity contribution in [3.63, 3.8) is 0 Å². The van der Waals surface area contributed by atoms with Crippen molar-refractivity contribution < 1.29 is 5.11 Å². The fourth-order valence-corrected chi connectivity index (χ4v) is 2.74. The molecule has 0 aliphatic heterocycles. The highest BCUT2D eigenvalue weighted by Gasteiger charge is 2.23. The van der Waals surface area contributed by atoms with Crippen LogP contribution in [0.1, 0.15) is 25.0 Å². The minimum absolute atomic E-state index is 0. The van der Waals surface area contributed by atoms with E-state index in [4.69, 9.17) is 5.73 Å². The zero-order valence-electron chi connectivity index (χ0n) is 12.7. The van der Waals surface area contributed by atoms with Gasteiger partial charge in [-0.2, -0.15) is 11.3 Å². The number of aliphatic hydroxyl groups is 1. The third kappa shape index (κ3) is 5.26. The number of aliphatic imine (C=N–C) groups is 1. The summed E-state index contributed by atoms with van der Waals surface area (Å²) in [6, 6.07) is 9.93. The Morgan fingerprint density at radius 2 is 2.18 bits per heavy atom. The van der Waals surface area contributed by atoms with E-state index < -0.39 is 5.60 Å². The fraction of sp³-hybridized carbons (Fsp3) is 0.312. The summed E-state index contributed by atoms with van der Waals surface area (Å²) in [5.74, 6) is 0.304. The minimum atomic E-state index is -1.00. The summed E-state index contributed by atoms with van der Waals surface area (Å²) < 4.78 is 0. The van der Waals surface area contributed by atoms with Crippen molar-refractivity contribution in [1.82, 2.24) is 0 Å². The predicted molar refractivity (Wildman–Crippen MR) is 105 cm³/mol. The van der Waals surface area contributed by atoms with E-state index in [1.54, 1.807) is 18.3 Å². The van der Waals surface area contributed by atoms with Crippen LogP contribution < -0.4 is 11.1 Å². The number of anilines is 1. The zero-order chi connectivity index (χ0) is 15.3. The molecule has 0 aliphatic carbocycles. The number of nitrogens with one attached hydrogen (secondary N) is 1. The normalized spacial score (nSPS) is 14.0. The average Bonchev–Trinajstić information content (AvgIpc) is 3.00. The van der Waals surface area contributed by atoms with Crippen LogP contribution in [-0.2, 0) is 12.0 Å². The van der Waals surface area contributed by atoms with E-state index in [2.05, 4.69) is 23.3 Å². The maximum absolute atomic E-state index is 10.4. The van der Waals surface area contributed by atoms with Gasteiger partial charge in [-0.3, -0.25) is 0 Å². The number of benzene rings is 1. The van der Waals surface area contributed by atoms with E-state index in [1.165, 1.54) is 5.56 Å². The lowest BCUT2D eigenvalue weighted by atomic mass is 10.00. The molecule has 1 aromatic heterocycles. The lowest BCUT2D eigenvalue weighted by molar-refractivity contribution is 0.0678. The molecule has 0 bridgehead atoms. The molecule has 0 fully saturated rings. The summed E-state index contributed by atoms with van der Waals surface area (Å²) >= 11 is 1.55. The first-order valence-corrected chi connectivity index (χ1v) is 7.86. The van der Waals surface area contributed by atoms with Gasteiger partial charge < -0.3 is 16.2 Å². The summed E-state index contributed by atoms with van der Waals surface area (Å²) in [4.78, 5) is 4.24. The van der Waals surface area contributed by atoms with E-state index in [0.29, 0.717) is 5.96 Å². The van der Waals surface area contributed by atoms with Gasteiger partial charge in [0.05, 0.1) is 6.54 Å². The van der Waals surface area contributed by atoms with Gasteiger partial charge in [-0.25, -0.2) is 4.99 Å². The van der Waals surface area contributed by atoms with Crippen LogP contribution >= 0.6 is 35.3 Å². The molecule has 0 radical (unpaired) electrons. The van der Waals surface area contributed by atoms with Crippen molar-refractivity contribution in [1.29, 1.82) is 0 Å². The Morgan fingerprint density at radius 3 is 2.82 bits per heavy atom. The van der Waals surface area contributed by atoms with Crippen molar-refractivity contribution in [2.75, 3.05) is 11.9 Å². The van der Waals surface area contributed by atoms with Crippen LogP contribution in [0.3, 0.4) is 0 Å². The largest absolute Gasteiger partial charge is 0.383 e. The highest BCUT2D eigenvalue weighted by Crippen LogP contribution is 2.23. The van der Waals surface area contributed by atoms with Crippen LogP contribution in [0, 0.1) is 0 Å². The molecule has 1 unspecified atom stereocenters. The number of hydrogen-bond donors (Lipinski definition) is 3.